The van der Waals surface area contributed by atoms with Crippen molar-refractivity contribution in [2.75, 3.05) is 6.61 Å². The smallest absolute Gasteiger partial charge is 0.298 e. The number of para-hydroxylation sites is 3. The second kappa shape index (κ2) is 12.8. The van der Waals surface area contributed by atoms with Gasteiger partial charge in [0, 0.05) is 45.8 Å². The number of ether oxygens (including phenoxy) is 1. The van der Waals surface area contributed by atoms with Gasteiger partial charge in [0.2, 0.25) is 11.2 Å². The molecule has 13 heteroatoms. The van der Waals surface area contributed by atoms with Crippen LogP contribution in [-0.2, 0) is 45.0 Å². The van der Waals surface area contributed by atoms with Crippen molar-refractivity contribution in [2.24, 2.45) is 24.1 Å². The molecule has 7 rings (SSSR count). The number of carbonyl (C=O) groups is 2. The van der Waals surface area contributed by atoms with E-state index in [4.69, 9.17) is 4.74 Å². The highest BCUT2D eigenvalue weighted by Crippen LogP contribution is 2.34. The van der Waals surface area contributed by atoms with Crippen LogP contribution in [0.15, 0.2) is 76.7 Å². The van der Waals surface area contributed by atoms with E-state index >= 15 is 0 Å². The Morgan fingerprint density at radius 3 is 1.86 bits per heavy atom. The summed E-state index contributed by atoms with van der Waals surface area (Å²) in [4.78, 5) is 36.3. The van der Waals surface area contributed by atoms with Gasteiger partial charge in [-0.3, -0.25) is 19.0 Å². The number of epoxide rings is 1. The summed E-state index contributed by atoms with van der Waals surface area (Å²) in [7, 11) is 3.85. The lowest BCUT2D eigenvalue weighted by Gasteiger charge is -2.06. The third-order valence-electron chi connectivity index (χ3n) is 8.96. The lowest BCUT2D eigenvalue weighted by molar-refractivity contribution is 0.0977. The van der Waals surface area contributed by atoms with Crippen molar-refractivity contribution in [3.8, 4) is 0 Å². The average Bonchev–Trinajstić information content (AvgIpc) is 3.60. The van der Waals surface area contributed by atoms with Crippen LogP contribution in [0.5, 0.6) is 0 Å². The number of carbonyl (C=O) groups excluding carboxylic acids is 2. The van der Waals surface area contributed by atoms with Crippen molar-refractivity contribution in [3.63, 3.8) is 0 Å². The third kappa shape index (κ3) is 5.79. The molecule has 0 aliphatic carbocycles. The van der Waals surface area contributed by atoms with E-state index in [1.165, 1.54) is 0 Å². The number of benzene rings is 2. The van der Waals surface area contributed by atoms with Crippen molar-refractivity contribution in [1.82, 2.24) is 37.8 Å². The Morgan fingerprint density at radius 1 is 0.776 bits per heavy atom. The molecule has 4 aromatic heterocycles. The maximum Gasteiger partial charge on any atom is 0.298 e. The Labute approximate surface area is 282 Å². The van der Waals surface area contributed by atoms with E-state index in [-0.39, 0.29) is 17.9 Å². The molecule has 2 amide bonds. The number of amides is 2. The van der Waals surface area contributed by atoms with E-state index in [9.17, 15) is 9.59 Å². The number of hydrogen-bond donors (Lipinski definition) is 0. The van der Waals surface area contributed by atoms with E-state index < -0.39 is 0 Å². The number of aromatic nitrogens is 8. The molecule has 1 atom stereocenters. The molecule has 1 unspecified atom stereocenters. The molecular formula is C36H40N10O3. The first-order chi connectivity index (χ1) is 23.7. The van der Waals surface area contributed by atoms with Crippen molar-refractivity contribution in [3.05, 3.63) is 106 Å². The van der Waals surface area contributed by atoms with Gasteiger partial charge < -0.3 is 23.0 Å². The number of allylic oxidation sites excluding steroid dienone is 2. The minimum Gasteiger partial charge on any atom is -0.368 e. The second-order valence-corrected chi connectivity index (χ2v) is 12.2. The molecule has 13 nitrogen and oxygen atoms in total. The van der Waals surface area contributed by atoms with Crippen LogP contribution in [-0.4, -0.2) is 56.3 Å². The second-order valence-electron chi connectivity index (χ2n) is 12.2. The van der Waals surface area contributed by atoms with E-state index in [0.717, 1.165) is 39.0 Å². The molecule has 1 saturated heterocycles. The first kappa shape index (κ1) is 32.0. The van der Waals surface area contributed by atoms with Crippen LogP contribution in [0.3, 0.4) is 0 Å². The van der Waals surface area contributed by atoms with Gasteiger partial charge in [-0.1, -0.05) is 36.4 Å². The first-order valence-corrected chi connectivity index (χ1v) is 16.6. The van der Waals surface area contributed by atoms with Crippen LogP contribution in [0, 0.1) is 13.8 Å². The maximum absolute atomic E-state index is 13.6. The SMILES string of the molecule is CCn1nc(C)cc1C(=O)/N=c1\n(C)c2ccccc2n1C/C=C/Cn1/c(=N/C(=O)c2cc(C)nn2CC)n(C)c2cccc(C3CO3)c21. The Kier molecular flexibility index (Phi) is 8.37. The molecule has 5 heterocycles. The third-order valence-corrected chi connectivity index (χ3v) is 8.96. The molecule has 252 valence electrons. The van der Waals surface area contributed by atoms with Gasteiger partial charge in [-0.05, 0) is 58.0 Å². The molecular weight excluding hydrogens is 620 g/mol. The number of imidazole rings is 2. The van der Waals surface area contributed by atoms with Crippen LogP contribution >= 0.6 is 0 Å². The van der Waals surface area contributed by atoms with Crippen LogP contribution in [0.4, 0.5) is 0 Å². The summed E-state index contributed by atoms with van der Waals surface area (Å²) in [6.45, 7) is 10.4. The van der Waals surface area contributed by atoms with Gasteiger partial charge in [0.15, 0.2) is 0 Å². The summed E-state index contributed by atoms with van der Waals surface area (Å²) < 4.78 is 17.1. The maximum atomic E-state index is 13.6. The summed E-state index contributed by atoms with van der Waals surface area (Å²) in [5.74, 6) is -0.695. The van der Waals surface area contributed by atoms with E-state index in [0.29, 0.717) is 55.4 Å². The highest BCUT2D eigenvalue weighted by Gasteiger charge is 2.29. The highest BCUT2D eigenvalue weighted by molar-refractivity contribution is 5.94. The minimum atomic E-state index is -0.350. The average molecular weight is 661 g/mol. The molecule has 1 fully saturated rings. The van der Waals surface area contributed by atoms with Gasteiger partial charge in [-0.15, -0.1) is 0 Å². The lowest BCUT2D eigenvalue weighted by atomic mass is 10.1. The zero-order valence-corrected chi connectivity index (χ0v) is 28.7. The fourth-order valence-electron chi connectivity index (χ4n) is 6.56. The van der Waals surface area contributed by atoms with Crippen LogP contribution in [0.2, 0.25) is 0 Å². The fraction of sp³-hybridized carbons (Fsp3) is 0.333. The molecule has 0 spiro atoms. The largest absolute Gasteiger partial charge is 0.368 e. The van der Waals surface area contributed by atoms with Gasteiger partial charge in [0.1, 0.15) is 17.5 Å². The molecule has 0 saturated carbocycles. The first-order valence-electron chi connectivity index (χ1n) is 16.6. The predicted molar refractivity (Wildman–Crippen MR) is 185 cm³/mol. The predicted octanol–water partition coefficient (Wildman–Crippen LogP) is 4.13. The van der Waals surface area contributed by atoms with Gasteiger partial charge in [-0.2, -0.15) is 20.2 Å². The van der Waals surface area contributed by atoms with Crippen molar-refractivity contribution in [1.29, 1.82) is 0 Å². The monoisotopic (exact) mass is 660 g/mol. The summed E-state index contributed by atoms with van der Waals surface area (Å²) in [6.07, 6.45) is 4.12. The molecule has 0 N–H and O–H groups in total. The number of aryl methyl sites for hydroxylation is 6. The fourth-order valence-corrected chi connectivity index (χ4v) is 6.56. The van der Waals surface area contributed by atoms with Gasteiger partial charge in [0.05, 0.1) is 40.1 Å². The zero-order valence-electron chi connectivity index (χ0n) is 28.7. The Morgan fingerprint density at radius 2 is 1.29 bits per heavy atom. The zero-order chi connectivity index (χ0) is 34.4. The number of hydrogen-bond acceptors (Lipinski definition) is 5. The lowest BCUT2D eigenvalue weighted by Crippen LogP contribution is -2.27. The Balaban J connectivity index is 1.29. The Hall–Kier alpha value is -5.56. The van der Waals surface area contributed by atoms with Gasteiger partial charge >= 0.3 is 0 Å². The quantitative estimate of drug-likeness (QED) is 0.170. The normalized spacial score (nSPS) is 15.4. The van der Waals surface area contributed by atoms with Crippen molar-refractivity contribution in [2.45, 2.75) is 60.0 Å². The minimum absolute atomic E-state index is 0.00908. The topological polar surface area (TPSA) is 127 Å². The molecule has 6 aromatic rings. The van der Waals surface area contributed by atoms with Gasteiger partial charge in [0.25, 0.3) is 11.8 Å². The summed E-state index contributed by atoms with van der Waals surface area (Å²) in [5.41, 5.74) is 8.43. The van der Waals surface area contributed by atoms with Crippen molar-refractivity contribution >= 4 is 33.9 Å². The van der Waals surface area contributed by atoms with E-state index in [2.05, 4.69) is 43.0 Å². The van der Waals surface area contributed by atoms with Crippen LogP contribution in [0.25, 0.3) is 22.1 Å². The molecule has 49 heavy (non-hydrogen) atoms. The summed E-state index contributed by atoms with van der Waals surface area (Å²) >= 11 is 0. The van der Waals surface area contributed by atoms with Crippen LogP contribution in [0.1, 0.15) is 57.9 Å². The highest BCUT2D eigenvalue weighted by atomic mass is 16.6. The number of fused-ring (bicyclic) bond motifs is 2. The summed E-state index contributed by atoms with van der Waals surface area (Å²) in [5, 5.41) is 8.88. The summed E-state index contributed by atoms with van der Waals surface area (Å²) in [6, 6.07) is 17.7. The molecule has 0 radical (unpaired) electrons. The van der Waals surface area contributed by atoms with E-state index in [1.807, 2.05) is 91.9 Å². The van der Waals surface area contributed by atoms with Crippen molar-refractivity contribution < 1.29 is 14.3 Å². The molecule has 2 aromatic carbocycles. The molecule has 1 aliphatic heterocycles. The van der Waals surface area contributed by atoms with Crippen LogP contribution < -0.4 is 11.2 Å². The standard InChI is InChI=1S/C36H40N10O3/c1-7-45-29(20-23(3)39-45)33(47)37-35-41(5)26-15-9-10-16-27(26)43(35)18-11-12-19-44-32-25(31-22-49-31)14-13-17-28(32)42(6)36(44)38-34(48)30-21-24(4)40-46(30)8-2/h9-17,20-21,31H,7-8,18-19,22H2,1-6H3/b12-11+,37-35+,38-36+. The molecule has 0 bridgehead atoms. The van der Waals surface area contributed by atoms with E-state index in [1.54, 1.807) is 21.5 Å². The van der Waals surface area contributed by atoms with Gasteiger partial charge in [-0.25, -0.2) is 0 Å². The molecule has 1 aliphatic rings. The Bertz CT molecular complexity index is 2420. The number of rotatable bonds is 9. The number of nitrogens with zero attached hydrogens (tertiary/aromatic N) is 10.